The number of alkyl halides is 3. The summed E-state index contributed by atoms with van der Waals surface area (Å²) in [6.07, 6.45) is -3.36. The van der Waals surface area contributed by atoms with E-state index in [0.717, 1.165) is 29.3 Å². The fourth-order valence-corrected chi connectivity index (χ4v) is 3.56. The van der Waals surface area contributed by atoms with Crippen molar-refractivity contribution in [3.63, 3.8) is 0 Å². The molecule has 0 spiro atoms. The summed E-state index contributed by atoms with van der Waals surface area (Å²) < 4.78 is 49.4. The van der Waals surface area contributed by atoms with Gasteiger partial charge in [0, 0.05) is 5.92 Å². The first-order valence-corrected chi connectivity index (χ1v) is 8.60. The second-order valence-corrected chi connectivity index (χ2v) is 6.60. The predicted octanol–water partition coefficient (Wildman–Crippen LogP) is 4.43. The maximum Gasteiger partial charge on any atom is 0.419 e. The van der Waals surface area contributed by atoms with Crippen molar-refractivity contribution in [2.75, 3.05) is 0 Å². The molecule has 1 aromatic heterocycles. The first-order valence-electron chi connectivity index (χ1n) is 8.60. The number of aromatic hydroxyl groups is 1. The monoisotopic (exact) mass is 402 g/mol. The number of nitrogens with one attached hydrogen (secondary N) is 1. The van der Waals surface area contributed by atoms with Crippen molar-refractivity contribution in [2.45, 2.75) is 24.9 Å². The summed E-state index contributed by atoms with van der Waals surface area (Å²) in [7, 11) is 0. The van der Waals surface area contributed by atoms with Crippen LogP contribution < -0.4 is 10.5 Å². The molecule has 2 aromatic carbocycles. The van der Waals surface area contributed by atoms with Gasteiger partial charge in [-0.05, 0) is 54.3 Å². The summed E-state index contributed by atoms with van der Waals surface area (Å²) in [5, 5.41) is 18.8. The van der Waals surface area contributed by atoms with Crippen LogP contribution in [0.2, 0.25) is 0 Å². The Morgan fingerprint density at radius 1 is 1.21 bits per heavy atom. The third kappa shape index (κ3) is 3.45. The Morgan fingerprint density at radius 2 is 1.93 bits per heavy atom. The van der Waals surface area contributed by atoms with Crippen LogP contribution >= 0.6 is 0 Å². The van der Waals surface area contributed by atoms with Crippen LogP contribution in [-0.4, -0.2) is 10.1 Å². The highest BCUT2D eigenvalue weighted by Crippen LogP contribution is 2.42. The van der Waals surface area contributed by atoms with Gasteiger partial charge in [0.15, 0.2) is 5.76 Å². The normalized spacial score (nSPS) is 15.7. The third-order valence-electron chi connectivity index (χ3n) is 4.82. The number of benzene rings is 2. The minimum Gasteiger partial charge on any atom is -0.492 e. The van der Waals surface area contributed by atoms with Crippen LogP contribution in [0, 0.1) is 11.3 Å². The Bertz CT molecular complexity index is 1190. The maximum atomic E-state index is 12.9. The summed E-state index contributed by atoms with van der Waals surface area (Å²) in [6, 6.07) is 9.68. The second kappa shape index (κ2) is 6.74. The number of nitriles is 1. The van der Waals surface area contributed by atoms with Crippen LogP contribution in [0.1, 0.15) is 40.4 Å². The van der Waals surface area contributed by atoms with Crippen molar-refractivity contribution in [1.82, 2.24) is 4.98 Å². The highest BCUT2D eigenvalue weighted by Gasteiger charge is 2.34. The lowest BCUT2D eigenvalue weighted by atomic mass is 9.99. The minimum absolute atomic E-state index is 0.110. The molecule has 4 rings (SSSR count). The van der Waals surface area contributed by atoms with Gasteiger partial charge in [0.1, 0.15) is 11.5 Å². The van der Waals surface area contributed by atoms with Crippen molar-refractivity contribution in [2.24, 2.45) is 0 Å². The van der Waals surface area contributed by atoms with Gasteiger partial charge in [-0.1, -0.05) is 6.07 Å². The van der Waals surface area contributed by atoms with Crippen LogP contribution in [0.25, 0.3) is 0 Å². The number of nitrogens with zero attached hydrogens (tertiary/aromatic N) is 1. The van der Waals surface area contributed by atoms with Crippen LogP contribution in [0.4, 0.5) is 13.2 Å². The third-order valence-corrected chi connectivity index (χ3v) is 4.82. The lowest BCUT2D eigenvalue weighted by Crippen LogP contribution is -2.07. The van der Waals surface area contributed by atoms with Gasteiger partial charge in [0.25, 0.3) is 0 Å². The highest BCUT2D eigenvalue weighted by atomic mass is 19.4. The Labute approximate surface area is 161 Å². The van der Waals surface area contributed by atoms with Gasteiger partial charge in [0.2, 0.25) is 5.88 Å². The minimum atomic E-state index is -4.62. The van der Waals surface area contributed by atoms with E-state index in [0.29, 0.717) is 18.6 Å². The number of aryl methyl sites for hydroxylation is 1. The van der Waals surface area contributed by atoms with Gasteiger partial charge < -0.3 is 14.3 Å². The average Bonchev–Trinajstić information content (AvgIpc) is 3.22. The molecule has 0 amide bonds. The predicted molar refractivity (Wildman–Crippen MR) is 93.8 cm³/mol. The molecule has 0 bridgehead atoms. The highest BCUT2D eigenvalue weighted by molar-refractivity contribution is 5.48. The van der Waals surface area contributed by atoms with Gasteiger partial charge in [-0.15, -0.1) is 0 Å². The quantitative estimate of drug-likeness (QED) is 0.675. The van der Waals surface area contributed by atoms with Crippen molar-refractivity contribution in [1.29, 1.82) is 5.26 Å². The first-order chi connectivity index (χ1) is 13.8. The molecule has 0 saturated carbocycles. The summed E-state index contributed by atoms with van der Waals surface area (Å²) >= 11 is 0. The van der Waals surface area contributed by atoms with E-state index in [-0.39, 0.29) is 23.3 Å². The second-order valence-electron chi connectivity index (χ2n) is 6.60. The SMILES string of the molecule is N#Cc1cc(Oc2ccc3c(c2)CC[C@H]3c2oc(=O)[nH]c2O)ccc1C(F)(F)F. The Hall–Kier alpha value is -3.67. The zero-order valence-corrected chi connectivity index (χ0v) is 14.7. The zero-order chi connectivity index (χ0) is 20.8. The maximum absolute atomic E-state index is 12.9. The van der Waals surface area contributed by atoms with E-state index in [1.165, 1.54) is 6.07 Å². The summed E-state index contributed by atoms with van der Waals surface area (Å²) in [5.74, 6) is -0.646. The van der Waals surface area contributed by atoms with Crippen LogP contribution in [0.15, 0.2) is 45.6 Å². The molecule has 0 unspecified atom stereocenters. The lowest BCUT2D eigenvalue weighted by Gasteiger charge is -2.12. The summed E-state index contributed by atoms with van der Waals surface area (Å²) in [4.78, 5) is 13.5. The number of fused-ring (bicyclic) bond motifs is 1. The van der Waals surface area contributed by atoms with Crippen molar-refractivity contribution >= 4 is 0 Å². The molecule has 1 heterocycles. The summed E-state index contributed by atoms with van der Waals surface area (Å²) in [5.41, 5.74) is 0.231. The smallest absolute Gasteiger partial charge is 0.419 e. The number of H-pyrrole nitrogens is 1. The topological polar surface area (TPSA) is 99.2 Å². The molecule has 0 saturated heterocycles. The van der Waals surface area contributed by atoms with E-state index in [1.54, 1.807) is 18.2 Å². The van der Waals surface area contributed by atoms with Crippen molar-refractivity contribution in [3.8, 4) is 23.4 Å². The molecular weight excluding hydrogens is 389 g/mol. The summed E-state index contributed by atoms with van der Waals surface area (Å²) in [6.45, 7) is 0. The largest absolute Gasteiger partial charge is 0.492 e. The van der Waals surface area contributed by atoms with Crippen molar-refractivity contribution < 1.29 is 27.4 Å². The number of oxazole rings is 1. The van der Waals surface area contributed by atoms with E-state index in [4.69, 9.17) is 14.4 Å². The number of hydrogen-bond donors (Lipinski definition) is 2. The molecule has 9 heteroatoms. The molecule has 6 nitrogen and oxygen atoms in total. The average molecular weight is 402 g/mol. The Kier molecular flexibility index (Phi) is 4.34. The van der Waals surface area contributed by atoms with Gasteiger partial charge in [0.05, 0.1) is 17.2 Å². The van der Waals surface area contributed by atoms with E-state index in [2.05, 4.69) is 4.98 Å². The lowest BCUT2D eigenvalue weighted by molar-refractivity contribution is -0.137. The van der Waals surface area contributed by atoms with Gasteiger partial charge in [-0.3, -0.25) is 4.98 Å². The molecule has 0 aliphatic heterocycles. The Balaban J connectivity index is 1.60. The number of halogens is 3. The van der Waals surface area contributed by atoms with E-state index in [1.807, 2.05) is 0 Å². The van der Waals surface area contributed by atoms with Crippen LogP contribution in [-0.2, 0) is 12.6 Å². The molecule has 0 fully saturated rings. The molecule has 1 aliphatic rings. The van der Waals surface area contributed by atoms with E-state index < -0.39 is 23.1 Å². The van der Waals surface area contributed by atoms with Crippen molar-refractivity contribution in [3.05, 3.63) is 75.0 Å². The van der Waals surface area contributed by atoms with Gasteiger partial charge in [-0.25, -0.2) is 4.79 Å². The molecule has 3 aromatic rings. The zero-order valence-electron chi connectivity index (χ0n) is 14.7. The standard InChI is InChI=1S/C20H13F3N2O4/c21-20(22,23)16-6-3-13(8-11(16)9-24)28-12-2-5-14-10(7-12)1-4-15(14)17-18(26)25-19(27)29-17/h2-3,5-8,15,26H,1,4H2,(H,25,27)/t15-/m1/s1. The molecule has 2 N–H and O–H groups in total. The fraction of sp³-hybridized carbons (Fsp3) is 0.200. The number of aromatic nitrogens is 1. The molecule has 1 atom stereocenters. The van der Waals surface area contributed by atoms with Crippen LogP contribution in [0.3, 0.4) is 0 Å². The Morgan fingerprint density at radius 3 is 2.59 bits per heavy atom. The molecule has 29 heavy (non-hydrogen) atoms. The van der Waals surface area contributed by atoms with E-state index >= 15 is 0 Å². The number of aromatic amines is 1. The molecule has 1 aliphatic carbocycles. The molecule has 148 valence electrons. The van der Waals surface area contributed by atoms with Gasteiger partial charge in [-0.2, -0.15) is 18.4 Å². The van der Waals surface area contributed by atoms with E-state index in [9.17, 15) is 23.1 Å². The fourth-order valence-electron chi connectivity index (χ4n) is 3.56. The molecule has 0 radical (unpaired) electrons. The number of hydrogen-bond acceptors (Lipinski definition) is 5. The first kappa shape index (κ1) is 18.7. The van der Waals surface area contributed by atoms with Crippen LogP contribution in [0.5, 0.6) is 17.4 Å². The van der Waals surface area contributed by atoms with Gasteiger partial charge >= 0.3 is 11.9 Å². The molecular formula is C20H13F3N2O4. The number of ether oxygens (including phenoxy) is 1. The number of rotatable bonds is 3.